The molecule has 6 heteroatoms. The van der Waals surface area contributed by atoms with Crippen molar-refractivity contribution >= 4 is 5.91 Å². The Hall–Kier alpha value is -2.50. The first-order valence-electron chi connectivity index (χ1n) is 7.80. The molecule has 0 unspecified atom stereocenters. The van der Waals surface area contributed by atoms with Gasteiger partial charge in [-0.2, -0.15) is 0 Å². The number of hydrogen-bond donors (Lipinski definition) is 2. The summed E-state index contributed by atoms with van der Waals surface area (Å²) in [5.41, 5.74) is 1.82. The number of nitrogens with one attached hydrogen (secondary N) is 2. The zero-order valence-electron chi connectivity index (χ0n) is 13.7. The lowest BCUT2D eigenvalue weighted by atomic mass is 10.1. The second kappa shape index (κ2) is 7.67. The van der Waals surface area contributed by atoms with Gasteiger partial charge in [0.15, 0.2) is 0 Å². The summed E-state index contributed by atoms with van der Waals surface area (Å²) in [6, 6.07) is 3.72. The maximum absolute atomic E-state index is 12.3. The standard InChI is InChI=1S/C17H22N4O2/c1-4-11(2)19-15(22)6-5-14-12(3)20-16(21-17(14)23)13-7-9-18-10-8-13/h7-11H,4-6H2,1-3H3,(H,19,22)(H,20,21,23)/t11-/m0/s1. The molecule has 0 aliphatic rings. The van der Waals surface area contributed by atoms with Crippen LogP contribution in [0, 0.1) is 6.92 Å². The van der Waals surface area contributed by atoms with Gasteiger partial charge in [-0.3, -0.25) is 14.6 Å². The topological polar surface area (TPSA) is 87.7 Å². The Morgan fingerprint density at radius 1 is 1.35 bits per heavy atom. The summed E-state index contributed by atoms with van der Waals surface area (Å²) in [5, 5.41) is 2.90. The Labute approximate surface area is 135 Å². The van der Waals surface area contributed by atoms with E-state index in [9.17, 15) is 9.59 Å². The minimum Gasteiger partial charge on any atom is -0.354 e. The van der Waals surface area contributed by atoms with Crippen molar-refractivity contribution in [1.29, 1.82) is 0 Å². The van der Waals surface area contributed by atoms with Crippen molar-refractivity contribution in [1.82, 2.24) is 20.3 Å². The van der Waals surface area contributed by atoms with E-state index >= 15 is 0 Å². The fraction of sp³-hybridized carbons (Fsp3) is 0.412. The van der Waals surface area contributed by atoms with E-state index in [0.29, 0.717) is 23.5 Å². The molecule has 2 N–H and O–H groups in total. The average molecular weight is 314 g/mol. The van der Waals surface area contributed by atoms with Crippen molar-refractivity contribution in [2.45, 2.75) is 46.1 Å². The zero-order chi connectivity index (χ0) is 16.8. The molecule has 2 aromatic heterocycles. The Bertz CT molecular complexity index is 725. The van der Waals surface area contributed by atoms with E-state index in [1.807, 2.05) is 13.8 Å². The van der Waals surface area contributed by atoms with Crippen molar-refractivity contribution in [3.8, 4) is 11.4 Å². The number of aromatic nitrogens is 3. The number of hydrogen-bond acceptors (Lipinski definition) is 4. The molecule has 0 spiro atoms. The van der Waals surface area contributed by atoms with Crippen LogP contribution in [0.1, 0.15) is 37.9 Å². The molecule has 0 radical (unpaired) electrons. The summed E-state index contributed by atoms with van der Waals surface area (Å²) in [4.78, 5) is 35.3. The van der Waals surface area contributed by atoms with Gasteiger partial charge in [-0.15, -0.1) is 0 Å². The van der Waals surface area contributed by atoms with E-state index in [4.69, 9.17) is 0 Å². The summed E-state index contributed by atoms with van der Waals surface area (Å²) in [7, 11) is 0. The maximum Gasteiger partial charge on any atom is 0.254 e. The molecule has 0 aliphatic heterocycles. The smallest absolute Gasteiger partial charge is 0.254 e. The second-order valence-corrected chi connectivity index (χ2v) is 5.59. The molecule has 2 heterocycles. The van der Waals surface area contributed by atoms with Gasteiger partial charge in [0, 0.05) is 41.7 Å². The van der Waals surface area contributed by atoms with E-state index < -0.39 is 0 Å². The van der Waals surface area contributed by atoms with E-state index in [2.05, 4.69) is 20.3 Å². The minimum atomic E-state index is -0.194. The van der Waals surface area contributed by atoms with E-state index in [1.165, 1.54) is 0 Å². The van der Waals surface area contributed by atoms with Gasteiger partial charge in [0.25, 0.3) is 5.56 Å². The number of H-pyrrole nitrogens is 1. The molecule has 0 bridgehead atoms. The van der Waals surface area contributed by atoms with Crippen LogP contribution in [0.2, 0.25) is 0 Å². The van der Waals surface area contributed by atoms with E-state index in [0.717, 1.165) is 12.0 Å². The van der Waals surface area contributed by atoms with Crippen molar-refractivity contribution in [2.24, 2.45) is 0 Å². The summed E-state index contributed by atoms with van der Waals surface area (Å²) in [6.45, 7) is 5.77. The number of nitrogens with zero attached hydrogens (tertiary/aromatic N) is 2. The highest BCUT2D eigenvalue weighted by Gasteiger charge is 2.12. The second-order valence-electron chi connectivity index (χ2n) is 5.59. The van der Waals surface area contributed by atoms with Crippen LogP contribution in [-0.2, 0) is 11.2 Å². The van der Waals surface area contributed by atoms with Crippen LogP contribution in [0.3, 0.4) is 0 Å². The molecule has 6 nitrogen and oxygen atoms in total. The van der Waals surface area contributed by atoms with Gasteiger partial charge in [-0.25, -0.2) is 4.98 Å². The van der Waals surface area contributed by atoms with Gasteiger partial charge in [-0.1, -0.05) is 6.92 Å². The largest absolute Gasteiger partial charge is 0.354 e. The number of pyridine rings is 1. The van der Waals surface area contributed by atoms with E-state index in [1.54, 1.807) is 31.5 Å². The molecular weight excluding hydrogens is 292 g/mol. The third-order valence-electron chi connectivity index (χ3n) is 3.80. The number of rotatable bonds is 6. The third-order valence-corrected chi connectivity index (χ3v) is 3.80. The van der Waals surface area contributed by atoms with E-state index in [-0.39, 0.29) is 23.9 Å². The summed E-state index contributed by atoms with van der Waals surface area (Å²) < 4.78 is 0. The van der Waals surface area contributed by atoms with Gasteiger partial charge in [0.1, 0.15) is 5.82 Å². The molecule has 0 fully saturated rings. The lowest BCUT2D eigenvalue weighted by molar-refractivity contribution is -0.121. The van der Waals surface area contributed by atoms with Crippen LogP contribution in [-0.4, -0.2) is 26.9 Å². The predicted molar refractivity (Wildman–Crippen MR) is 89.0 cm³/mol. The molecule has 1 amide bonds. The molecule has 0 saturated heterocycles. The lowest BCUT2D eigenvalue weighted by Gasteiger charge is -2.11. The lowest BCUT2D eigenvalue weighted by Crippen LogP contribution is -2.32. The predicted octanol–water partition coefficient (Wildman–Crippen LogP) is 1.99. The third kappa shape index (κ3) is 4.48. The minimum absolute atomic E-state index is 0.0450. The molecule has 23 heavy (non-hydrogen) atoms. The fourth-order valence-corrected chi connectivity index (χ4v) is 2.24. The fourth-order valence-electron chi connectivity index (χ4n) is 2.24. The van der Waals surface area contributed by atoms with Crippen molar-refractivity contribution < 1.29 is 4.79 Å². The van der Waals surface area contributed by atoms with Crippen molar-refractivity contribution in [3.63, 3.8) is 0 Å². The SMILES string of the molecule is CC[C@H](C)NC(=O)CCc1c(C)nc(-c2ccncc2)[nH]c1=O. The van der Waals surface area contributed by atoms with Gasteiger partial charge in [-0.05, 0) is 38.8 Å². The van der Waals surface area contributed by atoms with Crippen LogP contribution >= 0.6 is 0 Å². The molecule has 0 aromatic carbocycles. The summed E-state index contributed by atoms with van der Waals surface area (Å²) in [6.07, 6.45) is 4.85. The summed E-state index contributed by atoms with van der Waals surface area (Å²) >= 11 is 0. The highest BCUT2D eigenvalue weighted by molar-refractivity contribution is 5.76. The first kappa shape index (κ1) is 16.9. The number of carbonyl (C=O) groups excluding carboxylic acids is 1. The molecule has 1 atom stereocenters. The Balaban J connectivity index is 2.12. The van der Waals surface area contributed by atoms with Crippen LogP contribution in [0.5, 0.6) is 0 Å². The number of aryl methyl sites for hydroxylation is 1. The molecule has 2 aromatic rings. The number of carbonyl (C=O) groups is 1. The van der Waals surface area contributed by atoms with Crippen LogP contribution < -0.4 is 10.9 Å². The summed E-state index contributed by atoms with van der Waals surface area (Å²) in [5.74, 6) is 0.471. The highest BCUT2D eigenvalue weighted by Crippen LogP contribution is 2.13. The van der Waals surface area contributed by atoms with Gasteiger partial charge >= 0.3 is 0 Å². The Morgan fingerprint density at radius 3 is 2.65 bits per heavy atom. The van der Waals surface area contributed by atoms with Crippen LogP contribution in [0.4, 0.5) is 0 Å². The van der Waals surface area contributed by atoms with Crippen molar-refractivity contribution in [3.05, 3.63) is 46.1 Å². The van der Waals surface area contributed by atoms with Crippen LogP contribution in [0.25, 0.3) is 11.4 Å². The Kier molecular flexibility index (Phi) is 5.62. The van der Waals surface area contributed by atoms with Gasteiger partial charge < -0.3 is 10.3 Å². The normalized spacial score (nSPS) is 12.0. The first-order chi connectivity index (χ1) is 11.0. The molecule has 0 aliphatic carbocycles. The quantitative estimate of drug-likeness (QED) is 0.853. The molecular formula is C17H22N4O2. The number of aromatic amines is 1. The molecule has 0 saturated carbocycles. The monoisotopic (exact) mass is 314 g/mol. The highest BCUT2D eigenvalue weighted by atomic mass is 16.1. The zero-order valence-corrected chi connectivity index (χ0v) is 13.7. The molecule has 2 rings (SSSR count). The van der Waals surface area contributed by atoms with Crippen molar-refractivity contribution in [2.75, 3.05) is 0 Å². The van der Waals surface area contributed by atoms with Crippen LogP contribution in [0.15, 0.2) is 29.3 Å². The maximum atomic E-state index is 12.3. The average Bonchev–Trinajstić information content (AvgIpc) is 2.54. The van der Waals surface area contributed by atoms with Gasteiger partial charge in [0.05, 0.1) is 0 Å². The Morgan fingerprint density at radius 2 is 2.04 bits per heavy atom. The van der Waals surface area contributed by atoms with Gasteiger partial charge in [0.2, 0.25) is 5.91 Å². The molecule has 122 valence electrons. The number of amides is 1. The first-order valence-corrected chi connectivity index (χ1v) is 7.80.